The van der Waals surface area contributed by atoms with Crippen LogP contribution in [0.4, 0.5) is 13.2 Å². The molecule has 0 amide bonds. The summed E-state index contributed by atoms with van der Waals surface area (Å²) >= 11 is 0. The Kier molecular flexibility index (Phi) is 4.94. The van der Waals surface area contributed by atoms with Crippen LogP contribution in [0.5, 0.6) is 0 Å². The average molecular weight is 306 g/mol. The molecule has 0 aliphatic heterocycles. The summed E-state index contributed by atoms with van der Waals surface area (Å²) in [5.41, 5.74) is 2.57. The molecule has 0 aromatic heterocycles. The van der Waals surface area contributed by atoms with Crippen LogP contribution in [0.15, 0.2) is 48.5 Å². The molecule has 0 heterocycles. The maximum Gasteiger partial charge on any atom is 0.416 e. The van der Waals surface area contributed by atoms with Gasteiger partial charge in [0.05, 0.1) is 5.56 Å². The van der Waals surface area contributed by atoms with Gasteiger partial charge in [-0.15, -0.1) is 0 Å². The van der Waals surface area contributed by atoms with E-state index in [4.69, 9.17) is 0 Å². The molecule has 0 saturated heterocycles. The lowest BCUT2D eigenvalue weighted by molar-refractivity contribution is -0.137. The predicted molar refractivity (Wildman–Crippen MR) is 84.1 cm³/mol. The van der Waals surface area contributed by atoms with E-state index in [1.54, 1.807) is 6.07 Å². The van der Waals surface area contributed by atoms with E-state index in [0.717, 1.165) is 23.6 Å². The third kappa shape index (κ3) is 4.12. The molecule has 0 bridgehead atoms. The fourth-order valence-corrected chi connectivity index (χ4v) is 2.53. The maximum absolute atomic E-state index is 12.8. The molecule has 1 atom stereocenters. The second-order valence-electron chi connectivity index (χ2n) is 6.12. The van der Waals surface area contributed by atoms with Gasteiger partial charge in [0.1, 0.15) is 0 Å². The third-order valence-corrected chi connectivity index (χ3v) is 3.97. The molecule has 0 radical (unpaired) electrons. The van der Waals surface area contributed by atoms with Gasteiger partial charge in [-0.2, -0.15) is 13.2 Å². The smallest absolute Gasteiger partial charge is 0.166 e. The van der Waals surface area contributed by atoms with E-state index < -0.39 is 11.7 Å². The molecule has 0 aliphatic rings. The number of alkyl halides is 3. The zero-order chi connectivity index (χ0) is 16.3. The Labute approximate surface area is 130 Å². The second kappa shape index (κ2) is 6.55. The van der Waals surface area contributed by atoms with Gasteiger partial charge in [0.15, 0.2) is 0 Å². The summed E-state index contributed by atoms with van der Waals surface area (Å²) in [6, 6.07) is 14.0. The summed E-state index contributed by atoms with van der Waals surface area (Å²) in [4.78, 5) is 0. The lowest BCUT2D eigenvalue weighted by Gasteiger charge is -2.15. The lowest BCUT2D eigenvalue weighted by atomic mass is 9.91. The number of rotatable bonds is 4. The Morgan fingerprint density at radius 3 is 2.05 bits per heavy atom. The van der Waals surface area contributed by atoms with Crippen molar-refractivity contribution in [1.29, 1.82) is 0 Å². The highest BCUT2D eigenvalue weighted by Gasteiger charge is 2.30. The summed E-state index contributed by atoms with van der Waals surface area (Å²) in [5.74, 6) is 0.530. The third-order valence-electron chi connectivity index (χ3n) is 3.97. The van der Waals surface area contributed by atoms with Gasteiger partial charge in [-0.25, -0.2) is 0 Å². The summed E-state index contributed by atoms with van der Waals surface area (Å²) < 4.78 is 38.3. The van der Waals surface area contributed by atoms with Gasteiger partial charge in [-0.05, 0) is 41.0 Å². The van der Waals surface area contributed by atoms with Crippen LogP contribution >= 0.6 is 0 Å². The first-order valence-corrected chi connectivity index (χ1v) is 7.53. The van der Waals surface area contributed by atoms with E-state index in [1.807, 2.05) is 6.92 Å². The fourth-order valence-electron chi connectivity index (χ4n) is 2.53. The van der Waals surface area contributed by atoms with E-state index in [2.05, 4.69) is 38.1 Å². The molecule has 1 unspecified atom stereocenters. The zero-order valence-corrected chi connectivity index (χ0v) is 13.1. The van der Waals surface area contributed by atoms with E-state index in [0.29, 0.717) is 5.92 Å². The average Bonchev–Trinajstić information content (AvgIpc) is 2.47. The van der Waals surface area contributed by atoms with Crippen LogP contribution in [0.25, 0.3) is 0 Å². The van der Waals surface area contributed by atoms with Crippen LogP contribution in [0.1, 0.15) is 54.9 Å². The van der Waals surface area contributed by atoms with Gasteiger partial charge in [0.25, 0.3) is 0 Å². The standard InChI is InChI=1S/C19H21F3/c1-13(2)16-9-7-15(8-10-16)11-14(3)17-5-4-6-18(12-17)19(20,21)22/h4-10,12-14H,11H2,1-3H3. The van der Waals surface area contributed by atoms with E-state index in [9.17, 15) is 13.2 Å². The predicted octanol–water partition coefficient (Wildman–Crippen LogP) is 6.18. The van der Waals surface area contributed by atoms with Gasteiger partial charge in [-0.1, -0.05) is 63.2 Å². The Hall–Kier alpha value is -1.77. The molecule has 0 spiro atoms. The first-order valence-electron chi connectivity index (χ1n) is 7.53. The quantitative estimate of drug-likeness (QED) is 0.633. The van der Waals surface area contributed by atoms with Crippen LogP contribution < -0.4 is 0 Å². The first-order chi connectivity index (χ1) is 10.3. The fraction of sp³-hybridized carbons (Fsp3) is 0.368. The molecule has 2 aromatic carbocycles. The minimum atomic E-state index is -4.28. The van der Waals surface area contributed by atoms with Crippen LogP contribution in [0.3, 0.4) is 0 Å². The molecule has 0 saturated carbocycles. The summed E-state index contributed by atoms with van der Waals surface area (Å²) in [6.07, 6.45) is -3.55. The monoisotopic (exact) mass is 306 g/mol. The molecular weight excluding hydrogens is 285 g/mol. The number of hydrogen-bond acceptors (Lipinski definition) is 0. The van der Waals surface area contributed by atoms with Crippen molar-refractivity contribution in [3.63, 3.8) is 0 Å². The van der Waals surface area contributed by atoms with Crippen molar-refractivity contribution in [3.05, 3.63) is 70.8 Å². The highest BCUT2D eigenvalue weighted by Crippen LogP contribution is 2.31. The summed E-state index contributed by atoms with van der Waals surface area (Å²) in [7, 11) is 0. The van der Waals surface area contributed by atoms with E-state index in [-0.39, 0.29) is 5.92 Å². The number of halogens is 3. The molecule has 0 aliphatic carbocycles. The Bertz CT molecular complexity index is 609. The van der Waals surface area contributed by atoms with Crippen molar-refractivity contribution in [3.8, 4) is 0 Å². The van der Waals surface area contributed by atoms with Crippen molar-refractivity contribution >= 4 is 0 Å². The summed E-state index contributed by atoms with van der Waals surface area (Å²) in [6.45, 7) is 6.24. The largest absolute Gasteiger partial charge is 0.416 e. The topological polar surface area (TPSA) is 0 Å². The Balaban J connectivity index is 2.13. The van der Waals surface area contributed by atoms with Crippen molar-refractivity contribution in [2.45, 2.75) is 45.2 Å². The molecule has 22 heavy (non-hydrogen) atoms. The first kappa shape index (κ1) is 16.6. The zero-order valence-electron chi connectivity index (χ0n) is 13.1. The molecule has 0 nitrogen and oxygen atoms in total. The molecule has 118 valence electrons. The highest BCUT2D eigenvalue weighted by atomic mass is 19.4. The number of benzene rings is 2. The molecular formula is C19H21F3. The van der Waals surface area contributed by atoms with Crippen LogP contribution in [-0.4, -0.2) is 0 Å². The SMILES string of the molecule is CC(C)c1ccc(CC(C)c2cccc(C(F)(F)F)c2)cc1. The van der Waals surface area contributed by atoms with Crippen molar-refractivity contribution in [2.75, 3.05) is 0 Å². The minimum Gasteiger partial charge on any atom is -0.166 e. The van der Waals surface area contributed by atoms with Gasteiger partial charge >= 0.3 is 6.18 Å². The minimum absolute atomic E-state index is 0.0483. The normalized spacial score (nSPS) is 13.4. The summed E-state index contributed by atoms with van der Waals surface area (Å²) in [5, 5.41) is 0. The van der Waals surface area contributed by atoms with Crippen molar-refractivity contribution in [2.24, 2.45) is 0 Å². The van der Waals surface area contributed by atoms with Gasteiger partial charge < -0.3 is 0 Å². The molecule has 2 rings (SSSR count). The maximum atomic E-state index is 12.8. The molecule has 0 fully saturated rings. The Morgan fingerprint density at radius 2 is 1.50 bits per heavy atom. The van der Waals surface area contributed by atoms with Crippen LogP contribution in [-0.2, 0) is 12.6 Å². The second-order valence-corrected chi connectivity index (χ2v) is 6.12. The molecule has 2 aromatic rings. The van der Waals surface area contributed by atoms with E-state index >= 15 is 0 Å². The van der Waals surface area contributed by atoms with Crippen LogP contribution in [0.2, 0.25) is 0 Å². The number of hydrogen-bond donors (Lipinski definition) is 0. The van der Waals surface area contributed by atoms with Crippen LogP contribution in [0, 0.1) is 0 Å². The highest BCUT2D eigenvalue weighted by molar-refractivity contribution is 5.31. The van der Waals surface area contributed by atoms with E-state index in [1.165, 1.54) is 17.7 Å². The molecule has 0 N–H and O–H groups in total. The Morgan fingerprint density at radius 1 is 0.864 bits per heavy atom. The van der Waals surface area contributed by atoms with Gasteiger partial charge in [-0.3, -0.25) is 0 Å². The van der Waals surface area contributed by atoms with Gasteiger partial charge in [0, 0.05) is 0 Å². The van der Waals surface area contributed by atoms with Gasteiger partial charge in [0.2, 0.25) is 0 Å². The van der Waals surface area contributed by atoms with Crippen molar-refractivity contribution in [1.82, 2.24) is 0 Å². The van der Waals surface area contributed by atoms with Crippen molar-refractivity contribution < 1.29 is 13.2 Å². The molecule has 3 heteroatoms. The lowest BCUT2D eigenvalue weighted by Crippen LogP contribution is -2.07.